The summed E-state index contributed by atoms with van der Waals surface area (Å²) in [5, 5.41) is 8.65. The number of nitrogens with zero attached hydrogens (tertiary/aromatic N) is 2. The van der Waals surface area contributed by atoms with Crippen LogP contribution >= 0.6 is 0 Å². The highest BCUT2D eigenvalue weighted by molar-refractivity contribution is 5.83. The second kappa shape index (κ2) is 10.0. The minimum atomic E-state index is 0.594. The lowest BCUT2D eigenvalue weighted by atomic mass is 10.1. The van der Waals surface area contributed by atoms with Gasteiger partial charge in [0.2, 0.25) is 0 Å². The Morgan fingerprint density at radius 2 is 1.85 bits per heavy atom. The zero-order chi connectivity index (χ0) is 23.2. The first-order chi connectivity index (χ1) is 16.8. The molecule has 3 aromatic heterocycles. The van der Waals surface area contributed by atoms with Crippen LogP contribution in [0.25, 0.3) is 35.2 Å². The molecule has 0 bridgehead atoms. The maximum Gasteiger partial charge on any atom is 0.129 e. The van der Waals surface area contributed by atoms with Crippen LogP contribution in [-0.4, -0.2) is 33.5 Å². The lowest BCUT2D eigenvalue weighted by molar-refractivity contribution is 0.296. The predicted molar refractivity (Wildman–Crippen MR) is 138 cm³/mol. The number of rotatable bonds is 9. The SMILES string of the molecule is COc1cc(OCCn2cccc2)ccc1/C=C/c1cc(/C=C/c2ccc3cc[nH]c3c2)n[nH]1. The summed E-state index contributed by atoms with van der Waals surface area (Å²) in [6, 6.07) is 20.3. The molecule has 5 aromatic rings. The summed E-state index contributed by atoms with van der Waals surface area (Å²) in [6.07, 6.45) is 14.0. The normalized spacial score (nSPS) is 11.7. The summed E-state index contributed by atoms with van der Waals surface area (Å²) >= 11 is 0. The number of aromatic amines is 2. The third-order valence-corrected chi connectivity index (χ3v) is 5.57. The van der Waals surface area contributed by atoms with Crippen LogP contribution in [0.3, 0.4) is 0 Å². The lowest BCUT2D eigenvalue weighted by Gasteiger charge is -2.10. The molecule has 6 nitrogen and oxygen atoms in total. The monoisotopic (exact) mass is 450 g/mol. The first kappa shape index (κ1) is 21.4. The van der Waals surface area contributed by atoms with Gasteiger partial charge in [0.25, 0.3) is 0 Å². The highest BCUT2D eigenvalue weighted by Gasteiger charge is 2.04. The molecule has 170 valence electrons. The Morgan fingerprint density at radius 3 is 2.74 bits per heavy atom. The molecule has 0 aliphatic carbocycles. The molecule has 3 heterocycles. The van der Waals surface area contributed by atoms with Crippen molar-refractivity contribution < 1.29 is 9.47 Å². The molecule has 0 aliphatic heterocycles. The van der Waals surface area contributed by atoms with Crippen LogP contribution in [0.2, 0.25) is 0 Å². The van der Waals surface area contributed by atoms with Gasteiger partial charge in [-0.05, 0) is 71.6 Å². The number of nitrogens with one attached hydrogen (secondary N) is 2. The van der Waals surface area contributed by atoms with Crippen molar-refractivity contribution in [2.45, 2.75) is 6.54 Å². The number of methoxy groups -OCH3 is 1. The second-order valence-electron chi connectivity index (χ2n) is 7.91. The fraction of sp³-hybridized carbons (Fsp3) is 0.107. The second-order valence-corrected chi connectivity index (χ2v) is 7.91. The zero-order valence-electron chi connectivity index (χ0n) is 18.9. The van der Waals surface area contributed by atoms with Crippen molar-refractivity contribution in [1.29, 1.82) is 0 Å². The van der Waals surface area contributed by atoms with E-state index in [1.54, 1.807) is 7.11 Å². The average molecular weight is 451 g/mol. The molecule has 0 radical (unpaired) electrons. The Labute approximate surface area is 198 Å². The van der Waals surface area contributed by atoms with Gasteiger partial charge in [0.15, 0.2) is 0 Å². The molecule has 0 spiro atoms. The van der Waals surface area contributed by atoms with Crippen molar-refractivity contribution in [3.63, 3.8) is 0 Å². The Morgan fingerprint density at radius 1 is 0.941 bits per heavy atom. The van der Waals surface area contributed by atoms with E-state index in [4.69, 9.17) is 9.47 Å². The molecule has 34 heavy (non-hydrogen) atoms. The van der Waals surface area contributed by atoms with E-state index in [1.807, 2.05) is 73.2 Å². The van der Waals surface area contributed by atoms with Crippen LogP contribution in [0.15, 0.2) is 79.3 Å². The number of H-pyrrole nitrogens is 2. The standard InChI is InChI=1S/C28H26N4O2/c1-33-28-20-26(34-17-16-32-14-2-3-15-32)11-8-23(28)7-10-25-19-24(30-31-25)9-5-21-4-6-22-12-13-29-27(22)18-21/h2-15,18-20,29H,16-17H2,1H3,(H,30,31)/b9-5+,10-7+. The van der Waals surface area contributed by atoms with Gasteiger partial charge >= 0.3 is 0 Å². The molecule has 0 saturated heterocycles. The topological polar surface area (TPSA) is 67.9 Å². The van der Waals surface area contributed by atoms with Crippen molar-refractivity contribution in [2.75, 3.05) is 13.7 Å². The Hall–Kier alpha value is -4.45. The molecule has 6 heteroatoms. The van der Waals surface area contributed by atoms with Crippen LogP contribution in [-0.2, 0) is 6.54 Å². The maximum absolute atomic E-state index is 5.87. The van der Waals surface area contributed by atoms with Gasteiger partial charge in [-0.15, -0.1) is 0 Å². The number of aromatic nitrogens is 4. The van der Waals surface area contributed by atoms with E-state index in [0.717, 1.165) is 46.1 Å². The molecule has 0 unspecified atom stereocenters. The minimum Gasteiger partial charge on any atom is -0.496 e. The molecule has 5 rings (SSSR count). The fourth-order valence-electron chi connectivity index (χ4n) is 3.76. The number of hydrogen-bond donors (Lipinski definition) is 2. The van der Waals surface area contributed by atoms with Crippen LogP contribution in [0.5, 0.6) is 11.5 Å². The van der Waals surface area contributed by atoms with Crippen molar-refractivity contribution in [3.8, 4) is 11.5 Å². The van der Waals surface area contributed by atoms with Gasteiger partial charge < -0.3 is 19.0 Å². The van der Waals surface area contributed by atoms with Crippen LogP contribution < -0.4 is 9.47 Å². The summed E-state index contributed by atoms with van der Waals surface area (Å²) in [5.41, 5.74) is 4.99. The van der Waals surface area contributed by atoms with Gasteiger partial charge in [-0.1, -0.05) is 18.2 Å². The Kier molecular flexibility index (Phi) is 6.29. The number of hydrogen-bond acceptors (Lipinski definition) is 3. The Balaban J connectivity index is 1.22. The quantitative estimate of drug-likeness (QED) is 0.284. The van der Waals surface area contributed by atoms with Crippen molar-refractivity contribution in [2.24, 2.45) is 0 Å². The first-order valence-electron chi connectivity index (χ1n) is 11.2. The molecule has 0 aliphatic rings. The van der Waals surface area contributed by atoms with Crippen molar-refractivity contribution >= 4 is 35.2 Å². The molecule has 2 aromatic carbocycles. The van der Waals surface area contributed by atoms with Gasteiger partial charge in [0, 0.05) is 35.7 Å². The maximum atomic E-state index is 5.87. The molecular formula is C28H26N4O2. The summed E-state index contributed by atoms with van der Waals surface area (Å²) < 4.78 is 13.5. The van der Waals surface area contributed by atoms with Crippen molar-refractivity contribution in [3.05, 3.63) is 102 Å². The highest BCUT2D eigenvalue weighted by atomic mass is 16.5. The van der Waals surface area contributed by atoms with E-state index in [9.17, 15) is 0 Å². The van der Waals surface area contributed by atoms with Crippen molar-refractivity contribution in [1.82, 2.24) is 19.7 Å². The van der Waals surface area contributed by atoms with Crippen LogP contribution in [0.4, 0.5) is 0 Å². The van der Waals surface area contributed by atoms with E-state index in [-0.39, 0.29) is 0 Å². The lowest BCUT2D eigenvalue weighted by Crippen LogP contribution is -2.06. The molecule has 0 atom stereocenters. The zero-order valence-corrected chi connectivity index (χ0v) is 18.9. The van der Waals surface area contributed by atoms with Gasteiger partial charge in [0.1, 0.15) is 18.1 Å². The number of benzene rings is 2. The number of ether oxygens (including phenoxy) is 2. The molecule has 0 saturated carbocycles. The summed E-state index contributed by atoms with van der Waals surface area (Å²) in [6.45, 7) is 1.39. The summed E-state index contributed by atoms with van der Waals surface area (Å²) in [4.78, 5) is 3.24. The van der Waals surface area contributed by atoms with E-state index >= 15 is 0 Å². The van der Waals surface area contributed by atoms with Gasteiger partial charge in [0.05, 0.1) is 25.0 Å². The summed E-state index contributed by atoms with van der Waals surface area (Å²) in [7, 11) is 1.67. The smallest absolute Gasteiger partial charge is 0.129 e. The van der Waals surface area contributed by atoms with E-state index in [2.05, 4.69) is 50.1 Å². The molecule has 0 amide bonds. The van der Waals surface area contributed by atoms with Crippen LogP contribution in [0.1, 0.15) is 22.5 Å². The van der Waals surface area contributed by atoms with E-state index < -0.39 is 0 Å². The summed E-state index contributed by atoms with van der Waals surface area (Å²) in [5.74, 6) is 1.54. The van der Waals surface area contributed by atoms with Crippen LogP contribution in [0, 0.1) is 0 Å². The Bertz CT molecular complexity index is 1420. The first-order valence-corrected chi connectivity index (χ1v) is 11.2. The van der Waals surface area contributed by atoms with Gasteiger partial charge in [-0.2, -0.15) is 5.10 Å². The largest absolute Gasteiger partial charge is 0.496 e. The third kappa shape index (κ3) is 5.13. The molecule has 2 N–H and O–H groups in total. The fourth-order valence-corrected chi connectivity index (χ4v) is 3.76. The predicted octanol–water partition coefficient (Wildman–Crippen LogP) is 6.12. The number of fused-ring (bicyclic) bond motifs is 1. The van der Waals surface area contributed by atoms with Gasteiger partial charge in [-0.25, -0.2) is 0 Å². The van der Waals surface area contributed by atoms with Gasteiger partial charge in [-0.3, -0.25) is 5.10 Å². The van der Waals surface area contributed by atoms with E-state index in [0.29, 0.717) is 6.61 Å². The third-order valence-electron chi connectivity index (χ3n) is 5.57. The van der Waals surface area contributed by atoms with E-state index in [1.165, 1.54) is 5.39 Å². The highest BCUT2D eigenvalue weighted by Crippen LogP contribution is 2.26. The minimum absolute atomic E-state index is 0.594. The average Bonchev–Trinajstić information content (AvgIpc) is 3.63. The molecule has 0 fully saturated rings. The molecular weight excluding hydrogens is 424 g/mol.